The Labute approximate surface area is 176 Å². The van der Waals surface area contributed by atoms with Crippen LogP contribution >= 0.6 is 12.2 Å². The third kappa shape index (κ3) is 5.21. The average Bonchev–Trinajstić information content (AvgIpc) is 2.73. The van der Waals surface area contributed by atoms with Gasteiger partial charge < -0.3 is 15.4 Å². The maximum Gasteiger partial charge on any atom is 0.337 e. The summed E-state index contributed by atoms with van der Waals surface area (Å²) in [6.45, 7) is 4.03. The van der Waals surface area contributed by atoms with E-state index in [9.17, 15) is 4.79 Å². The minimum absolute atomic E-state index is 0.0970. The SMILES string of the molecule is COC(=O)c1ccc(C)c(NC(=S)N[C@H](c2ccccc2)c2cccc(C)c2)c1. The number of thiocarbonyl (C=S) groups is 1. The molecule has 0 heterocycles. The second-order valence-corrected chi connectivity index (χ2v) is 7.29. The van der Waals surface area contributed by atoms with Crippen molar-refractivity contribution in [2.24, 2.45) is 0 Å². The van der Waals surface area contributed by atoms with Gasteiger partial charge in [0.05, 0.1) is 18.7 Å². The molecule has 1 atom stereocenters. The molecule has 0 bridgehead atoms. The number of carbonyl (C=O) groups excluding carboxylic acids is 1. The van der Waals surface area contributed by atoms with Crippen molar-refractivity contribution in [3.8, 4) is 0 Å². The molecule has 3 aromatic carbocycles. The Hall–Kier alpha value is -3.18. The van der Waals surface area contributed by atoms with Crippen molar-refractivity contribution in [1.29, 1.82) is 0 Å². The van der Waals surface area contributed by atoms with E-state index in [-0.39, 0.29) is 12.0 Å². The summed E-state index contributed by atoms with van der Waals surface area (Å²) in [6, 6.07) is 23.8. The van der Waals surface area contributed by atoms with Gasteiger partial charge in [0.1, 0.15) is 0 Å². The molecular formula is C24H24N2O2S. The summed E-state index contributed by atoms with van der Waals surface area (Å²) in [4.78, 5) is 11.8. The van der Waals surface area contributed by atoms with Crippen LogP contribution in [-0.2, 0) is 4.74 Å². The van der Waals surface area contributed by atoms with E-state index in [0.29, 0.717) is 10.7 Å². The highest BCUT2D eigenvalue weighted by molar-refractivity contribution is 7.80. The topological polar surface area (TPSA) is 50.4 Å². The fourth-order valence-electron chi connectivity index (χ4n) is 3.15. The first kappa shape index (κ1) is 20.6. The van der Waals surface area contributed by atoms with E-state index in [1.54, 1.807) is 12.1 Å². The lowest BCUT2D eigenvalue weighted by Crippen LogP contribution is -2.33. The molecule has 0 saturated carbocycles. The summed E-state index contributed by atoms with van der Waals surface area (Å²) in [5.41, 5.74) is 5.64. The third-order valence-corrected chi connectivity index (χ3v) is 4.91. The van der Waals surface area contributed by atoms with Gasteiger partial charge in [-0.3, -0.25) is 0 Å². The molecule has 0 radical (unpaired) electrons. The third-order valence-electron chi connectivity index (χ3n) is 4.69. The van der Waals surface area contributed by atoms with Crippen LogP contribution in [0.15, 0.2) is 72.8 Å². The van der Waals surface area contributed by atoms with Gasteiger partial charge in [-0.1, -0.05) is 66.2 Å². The number of methoxy groups -OCH3 is 1. The van der Waals surface area contributed by atoms with Gasteiger partial charge in [-0.05, 0) is 54.9 Å². The zero-order chi connectivity index (χ0) is 20.8. The Morgan fingerprint density at radius 1 is 0.931 bits per heavy atom. The average molecular weight is 405 g/mol. The molecule has 0 spiro atoms. The Balaban J connectivity index is 1.85. The van der Waals surface area contributed by atoms with Crippen molar-refractivity contribution in [3.63, 3.8) is 0 Å². The molecule has 0 fully saturated rings. The summed E-state index contributed by atoms with van der Waals surface area (Å²) in [5.74, 6) is -0.381. The summed E-state index contributed by atoms with van der Waals surface area (Å²) in [7, 11) is 1.37. The minimum Gasteiger partial charge on any atom is -0.465 e. The van der Waals surface area contributed by atoms with E-state index in [1.165, 1.54) is 12.7 Å². The van der Waals surface area contributed by atoms with Gasteiger partial charge in [0.15, 0.2) is 5.11 Å². The molecule has 4 nitrogen and oxygen atoms in total. The summed E-state index contributed by atoms with van der Waals surface area (Å²) >= 11 is 5.60. The predicted octanol–water partition coefficient (Wildman–Crippen LogP) is 5.17. The number of hydrogen-bond acceptors (Lipinski definition) is 3. The molecule has 0 aliphatic carbocycles. The predicted molar refractivity (Wildman–Crippen MR) is 121 cm³/mol. The molecule has 3 aromatic rings. The van der Waals surface area contributed by atoms with Crippen LogP contribution in [-0.4, -0.2) is 18.2 Å². The van der Waals surface area contributed by atoms with Crippen LogP contribution in [0.25, 0.3) is 0 Å². The number of rotatable bonds is 5. The monoisotopic (exact) mass is 404 g/mol. The highest BCUT2D eigenvalue weighted by Gasteiger charge is 2.16. The van der Waals surface area contributed by atoms with Gasteiger partial charge in [-0.25, -0.2) is 4.79 Å². The highest BCUT2D eigenvalue weighted by atomic mass is 32.1. The van der Waals surface area contributed by atoms with Crippen LogP contribution in [0.5, 0.6) is 0 Å². The maximum atomic E-state index is 11.8. The molecule has 2 N–H and O–H groups in total. The maximum absolute atomic E-state index is 11.8. The lowest BCUT2D eigenvalue weighted by Gasteiger charge is -2.23. The van der Waals surface area contributed by atoms with E-state index < -0.39 is 0 Å². The van der Waals surface area contributed by atoms with Crippen molar-refractivity contribution in [2.75, 3.05) is 12.4 Å². The molecule has 0 aromatic heterocycles. The van der Waals surface area contributed by atoms with Crippen LogP contribution in [0.4, 0.5) is 5.69 Å². The molecule has 29 heavy (non-hydrogen) atoms. The number of anilines is 1. The van der Waals surface area contributed by atoms with Crippen molar-refractivity contribution < 1.29 is 9.53 Å². The van der Waals surface area contributed by atoms with E-state index in [0.717, 1.165) is 22.4 Å². The number of esters is 1. The number of carbonyl (C=O) groups is 1. The molecule has 5 heteroatoms. The second kappa shape index (κ2) is 9.34. The van der Waals surface area contributed by atoms with E-state index in [2.05, 4.69) is 47.9 Å². The Bertz CT molecular complexity index is 1020. The van der Waals surface area contributed by atoms with Crippen molar-refractivity contribution in [1.82, 2.24) is 5.32 Å². The highest BCUT2D eigenvalue weighted by Crippen LogP contribution is 2.24. The largest absolute Gasteiger partial charge is 0.465 e. The summed E-state index contributed by atoms with van der Waals surface area (Å²) < 4.78 is 4.81. The Kier molecular flexibility index (Phi) is 6.62. The van der Waals surface area contributed by atoms with E-state index >= 15 is 0 Å². The van der Waals surface area contributed by atoms with Crippen molar-refractivity contribution >= 4 is 29.0 Å². The van der Waals surface area contributed by atoms with Crippen LogP contribution in [0.1, 0.15) is 38.7 Å². The minimum atomic E-state index is -0.381. The molecular weight excluding hydrogens is 380 g/mol. The smallest absolute Gasteiger partial charge is 0.337 e. The fourth-order valence-corrected chi connectivity index (χ4v) is 3.37. The molecule has 0 aliphatic heterocycles. The summed E-state index contributed by atoms with van der Waals surface area (Å²) in [5, 5.41) is 7.12. The van der Waals surface area contributed by atoms with Gasteiger partial charge in [0.25, 0.3) is 0 Å². The number of hydrogen-bond donors (Lipinski definition) is 2. The lowest BCUT2D eigenvalue weighted by molar-refractivity contribution is 0.0601. The lowest BCUT2D eigenvalue weighted by atomic mass is 9.97. The first-order valence-corrected chi connectivity index (χ1v) is 9.76. The molecule has 0 aliphatic rings. The van der Waals surface area contributed by atoms with Crippen LogP contribution in [0.3, 0.4) is 0 Å². The zero-order valence-electron chi connectivity index (χ0n) is 16.7. The van der Waals surface area contributed by atoms with Crippen molar-refractivity contribution in [2.45, 2.75) is 19.9 Å². The number of ether oxygens (including phenoxy) is 1. The quantitative estimate of drug-likeness (QED) is 0.454. The van der Waals surface area contributed by atoms with Gasteiger partial charge in [0, 0.05) is 5.69 Å². The van der Waals surface area contributed by atoms with Crippen molar-refractivity contribution in [3.05, 3.63) is 101 Å². The van der Waals surface area contributed by atoms with Gasteiger partial charge in [-0.2, -0.15) is 0 Å². The first-order chi connectivity index (χ1) is 14.0. The van der Waals surface area contributed by atoms with E-state index in [4.69, 9.17) is 17.0 Å². The van der Waals surface area contributed by atoms with Gasteiger partial charge in [-0.15, -0.1) is 0 Å². The van der Waals surface area contributed by atoms with Crippen LogP contribution in [0.2, 0.25) is 0 Å². The zero-order valence-corrected chi connectivity index (χ0v) is 17.5. The molecule has 0 unspecified atom stereocenters. The first-order valence-electron chi connectivity index (χ1n) is 9.36. The second-order valence-electron chi connectivity index (χ2n) is 6.88. The van der Waals surface area contributed by atoms with Gasteiger partial charge in [0.2, 0.25) is 0 Å². The summed E-state index contributed by atoms with van der Waals surface area (Å²) in [6.07, 6.45) is 0. The number of benzene rings is 3. The molecule has 0 amide bonds. The number of nitrogens with one attached hydrogen (secondary N) is 2. The normalized spacial score (nSPS) is 11.4. The standard InChI is InChI=1S/C24H24N2O2S/c1-16-8-7-11-19(14-16)22(18-9-5-4-6-10-18)26-24(29)25-21-15-20(23(27)28-3)13-12-17(21)2/h4-15,22H,1-3H3,(H2,25,26,29)/t22-/m1/s1. The fraction of sp³-hybridized carbons (Fsp3) is 0.167. The Morgan fingerprint density at radius 2 is 1.66 bits per heavy atom. The van der Waals surface area contributed by atoms with E-state index in [1.807, 2.05) is 37.3 Å². The molecule has 0 saturated heterocycles. The molecule has 3 rings (SSSR count). The van der Waals surface area contributed by atoms with Crippen LogP contribution in [0, 0.1) is 13.8 Å². The van der Waals surface area contributed by atoms with Gasteiger partial charge >= 0.3 is 5.97 Å². The van der Waals surface area contributed by atoms with Crippen LogP contribution < -0.4 is 10.6 Å². The molecule has 148 valence electrons. The number of aryl methyl sites for hydroxylation is 2. The Morgan fingerprint density at radius 3 is 2.34 bits per heavy atom.